The lowest BCUT2D eigenvalue weighted by Crippen LogP contribution is -2.47. The van der Waals surface area contributed by atoms with Crippen molar-refractivity contribution in [3.8, 4) is 0 Å². The molecule has 0 atom stereocenters. The second kappa shape index (κ2) is 5.73. The van der Waals surface area contributed by atoms with Crippen LogP contribution in [0, 0.1) is 0 Å². The lowest BCUT2D eigenvalue weighted by molar-refractivity contribution is 0.213. The van der Waals surface area contributed by atoms with Crippen LogP contribution >= 0.6 is 0 Å². The third-order valence-corrected chi connectivity index (χ3v) is 8.38. The van der Waals surface area contributed by atoms with Crippen molar-refractivity contribution in [2.24, 2.45) is 0 Å². The van der Waals surface area contributed by atoms with Crippen LogP contribution in [0.15, 0.2) is 0 Å². The quantitative estimate of drug-likeness (QED) is 0.598. The summed E-state index contributed by atoms with van der Waals surface area (Å²) in [5, 5.41) is 0. The summed E-state index contributed by atoms with van der Waals surface area (Å²) < 4.78 is 10.6. The van der Waals surface area contributed by atoms with Gasteiger partial charge in [-0.05, 0) is 5.54 Å². The molecule has 0 saturated heterocycles. The summed E-state index contributed by atoms with van der Waals surface area (Å²) in [5.41, 5.74) is 0.738. The summed E-state index contributed by atoms with van der Waals surface area (Å²) in [6, 6.07) is 1.24. The van der Waals surface area contributed by atoms with E-state index in [0.29, 0.717) is 0 Å². The maximum atomic E-state index is 5.29. The number of rotatable bonds is 6. The molecular weight excluding hydrogens is 168 g/mol. The summed E-state index contributed by atoms with van der Waals surface area (Å²) in [7, 11) is 2.28. The van der Waals surface area contributed by atoms with Crippen LogP contribution in [-0.4, -0.2) is 34.8 Å². The van der Waals surface area contributed by atoms with Gasteiger partial charge in [-0.3, -0.25) is 0 Å². The zero-order valence-electron chi connectivity index (χ0n) is 9.02. The van der Waals surface area contributed by atoms with Gasteiger partial charge >= 0.3 is 0 Å². The van der Waals surface area contributed by atoms with Crippen LogP contribution in [0.1, 0.15) is 20.8 Å². The van der Waals surface area contributed by atoms with Gasteiger partial charge in [0.05, 0.1) is 0 Å². The van der Waals surface area contributed by atoms with Gasteiger partial charge in [-0.25, -0.2) is 0 Å². The monoisotopic (exact) mass is 190 g/mol. The lowest BCUT2D eigenvalue weighted by atomic mass is 10.6. The topological polar surface area (TPSA) is 18.5 Å². The predicted octanol–water partition coefficient (Wildman–Crippen LogP) is 2.24. The molecule has 3 heteroatoms. The zero-order chi connectivity index (χ0) is 9.61. The molecule has 0 aliphatic rings. The average Bonchev–Trinajstić information content (AvgIpc) is 2.03. The van der Waals surface area contributed by atoms with Gasteiger partial charge in [0.1, 0.15) is 8.07 Å². The van der Waals surface area contributed by atoms with E-state index in [-0.39, 0.29) is 0 Å². The molecule has 0 spiro atoms. The molecule has 0 fully saturated rings. The van der Waals surface area contributed by atoms with Crippen LogP contribution in [-0.2, 0) is 9.47 Å². The van der Waals surface area contributed by atoms with E-state index < -0.39 is 8.07 Å². The molecule has 0 saturated carbocycles. The van der Waals surface area contributed by atoms with Crippen molar-refractivity contribution in [2.45, 2.75) is 32.4 Å². The maximum Gasteiger partial charge on any atom is 0.115 e. The van der Waals surface area contributed by atoms with Crippen molar-refractivity contribution in [3.05, 3.63) is 0 Å². The van der Waals surface area contributed by atoms with Crippen molar-refractivity contribution in [1.82, 2.24) is 0 Å². The fraction of sp³-hybridized carbons (Fsp3) is 1.00. The van der Waals surface area contributed by atoms with E-state index in [0.717, 1.165) is 18.0 Å². The molecule has 74 valence electrons. The minimum absolute atomic E-state index is 0.738. The van der Waals surface area contributed by atoms with Crippen LogP contribution < -0.4 is 0 Å². The van der Waals surface area contributed by atoms with Crippen LogP contribution in [0.5, 0.6) is 0 Å². The summed E-state index contributed by atoms with van der Waals surface area (Å²) in [6.45, 7) is 6.83. The molecule has 0 rings (SSSR count). The number of hydrogen-bond donors (Lipinski definition) is 0. The van der Waals surface area contributed by atoms with E-state index in [1.54, 1.807) is 14.2 Å². The van der Waals surface area contributed by atoms with Gasteiger partial charge in [0.25, 0.3) is 0 Å². The molecule has 0 heterocycles. The third-order valence-electron chi connectivity index (χ3n) is 2.79. The largest absolute Gasteiger partial charge is 0.388 e. The number of hydrogen-bond acceptors (Lipinski definition) is 2. The van der Waals surface area contributed by atoms with Gasteiger partial charge in [0, 0.05) is 26.7 Å². The lowest BCUT2D eigenvalue weighted by Gasteiger charge is -2.32. The molecule has 0 unspecified atom stereocenters. The third kappa shape index (κ3) is 2.88. The highest BCUT2D eigenvalue weighted by Gasteiger charge is 2.34. The Morgan fingerprint density at radius 3 is 1.67 bits per heavy atom. The standard InChI is InChI=1S/C9H22O2Si/c1-6-12(7-10-4,8-11-5)9(2)3/h9H,6-8H2,1-5H3. The average molecular weight is 190 g/mol. The highest BCUT2D eigenvalue weighted by atomic mass is 28.3. The minimum atomic E-state index is -1.29. The Balaban J connectivity index is 4.28. The summed E-state index contributed by atoms with van der Waals surface area (Å²) in [5.74, 6) is 0. The molecule has 0 radical (unpaired) electrons. The van der Waals surface area contributed by atoms with Crippen molar-refractivity contribution in [3.63, 3.8) is 0 Å². The number of ether oxygens (including phenoxy) is 2. The molecule has 0 amide bonds. The van der Waals surface area contributed by atoms with E-state index >= 15 is 0 Å². The molecule has 0 aliphatic carbocycles. The molecule has 0 aromatic carbocycles. The van der Waals surface area contributed by atoms with E-state index in [4.69, 9.17) is 9.47 Å². The number of methoxy groups -OCH3 is 2. The fourth-order valence-corrected chi connectivity index (χ4v) is 4.69. The second-order valence-electron chi connectivity index (χ2n) is 3.74. The van der Waals surface area contributed by atoms with Gasteiger partial charge < -0.3 is 9.47 Å². The molecule has 0 aromatic heterocycles. The van der Waals surface area contributed by atoms with Gasteiger partial charge in [0.2, 0.25) is 0 Å². The summed E-state index contributed by atoms with van der Waals surface area (Å²) in [6.07, 6.45) is 1.85. The molecule has 0 aliphatic heterocycles. The zero-order valence-corrected chi connectivity index (χ0v) is 10.0. The maximum absolute atomic E-state index is 5.29. The Kier molecular flexibility index (Phi) is 5.79. The van der Waals surface area contributed by atoms with E-state index in [9.17, 15) is 0 Å². The first-order valence-corrected chi connectivity index (χ1v) is 7.30. The smallest absolute Gasteiger partial charge is 0.115 e. The van der Waals surface area contributed by atoms with Crippen molar-refractivity contribution in [1.29, 1.82) is 0 Å². The summed E-state index contributed by atoms with van der Waals surface area (Å²) >= 11 is 0. The van der Waals surface area contributed by atoms with Crippen molar-refractivity contribution >= 4 is 8.07 Å². The first kappa shape index (κ1) is 12.1. The minimum Gasteiger partial charge on any atom is -0.388 e. The molecule has 0 bridgehead atoms. The van der Waals surface area contributed by atoms with Gasteiger partial charge in [-0.1, -0.05) is 26.8 Å². The SMILES string of the molecule is CC[Si](COC)(COC)C(C)C. The van der Waals surface area contributed by atoms with Gasteiger partial charge in [-0.2, -0.15) is 0 Å². The predicted molar refractivity (Wildman–Crippen MR) is 55.1 cm³/mol. The highest BCUT2D eigenvalue weighted by Crippen LogP contribution is 2.25. The molecule has 0 aromatic rings. The van der Waals surface area contributed by atoms with E-state index in [1.165, 1.54) is 6.04 Å². The Hall–Kier alpha value is 0.137. The Morgan fingerprint density at radius 1 is 1.08 bits per heavy atom. The van der Waals surface area contributed by atoms with Gasteiger partial charge in [0.15, 0.2) is 0 Å². The Morgan fingerprint density at radius 2 is 1.50 bits per heavy atom. The van der Waals surface area contributed by atoms with Crippen LogP contribution in [0.2, 0.25) is 11.6 Å². The molecule has 0 N–H and O–H groups in total. The van der Waals surface area contributed by atoms with Crippen molar-refractivity contribution < 1.29 is 9.47 Å². The van der Waals surface area contributed by atoms with E-state index in [2.05, 4.69) is 20.8 Å². The molecule has 2 nitrogen and oxygen atoms in total. The first-order valence-electron chi connectivity index (χ1n) is 4.60. The van der Waals surface area contributed by atoms with E-state index in [1.807, 2.05) is 0 Å². The Bertz CT molecular complexity index is 109. The van der Waals surface area contributed by atoms with Crippen LogP contribution in [0.25, 0.3) is 0 Å². The van der Waals surface area contributed by atoms with Gasteiger partial charge in [-0.15, -0.1) is 0 Å². The second-order valence-corrected chi connectivity index (χ2v) is 8.90. The fourth-order valence-electron chi connectivity index (χ4n) is 1.56. The molecule has 12 heavy (non-hydrogen) atoms. The highest BCUT2D eigenvalue weighted by molar-refractivity contribution is 6.80. The Labute approximate surface area is 77.3 Å². The van der Waals surface area contributed by atoms with Crippen LogP contribution in [0.4, 0.5) is 0 Å². The van der Waals surface area contributed by atoms with Crippen molar-refractivity contribution in [2.75, 3.05) is 26.7 Å². The normalized spacial score (nSPS) is 12.5. The molecular formula is C9H22O2Si. The summed E-state index contributed by atoms with van der Waals surface area (Å²) in [4.78, 5) is 0. The first-order chi connectivity index (χ1) is 5.63. The van der Waals surface area contributed by atoms with Crippen LogP contribution in [0.3, 0.4) is 0 Å².